The van der Waals surface area contributed by atoms with Crippen LogP contribution in [0.25, 0.3) is 0 Å². The third-order valence-electron chi connectivity index (χ3n) is 2.96. The van der Waals surface area contributed by atoms with Crippen LogP contribution >= 0.6 is 0 Å². The molecular weight excluding hydrogens is 256 g/mol. The lowest BCUT2D eigenvalue weighted by atomic mass is 10.1. The van der Waals surface area contributed by atoms with Gasteiger partial charge >= 0.3 is 5.97 Å². The summed E-state index contributed by atoms with van der Waals surface area (Å²) in [4.78, 5) is 10.8. The summed E-state index contributed by atoms with van der Waals surface area (Å²) in [5.41, 5.74) is 2.52. The average molecular weight is 270 g/mol. The Morgan fingerprint density at radius 1 is 1.35 bits per heavy atom. The maximum Gasteiger partial charge on any atom is 0.371 e. The molecular formula is C15H14N2O3. The van der Waals surface area contributed by atoms with Crippen molar-refractivity contribution < 1.29 is 14.3 Å². The van der Waals surface area contributed by atoms with Gasteiger partial charge in [-0.3, -0.25) is 0 Å². The number of nitrogens with one attached hydrogen (secondary N) is 1. The van der Waals surface area contributed by atoms with Gasteiger partial charge in [0.05, 0.1) is 11.6 Å². The van der Waals surface area contributed by atoms with Crippen LogP contribution in [0.3, 0.4) is 0 Å². The molecule has 1 aromatic carbocycles. The molecule has 0 unspecified atom stereocenters. The zero-order chi connectivity index (χ0) is 14.5. The fourth-order valence-corrected chi connectivity index (χ4v) is 1.84. The first-order valence-corrected chi connectivity index (χ1v) is 6.12. The lowest BCUT2D eigenvalue weighted by Crippen LogP contribution is -2.12. The number of carbonyl (C=O) groups is 1. The zero-order valence-corrected chi connectivity index (χ0v) is 11.0. The van der Waals surface area contributed by atoms with E-state index in [2.05, 4.69) is 11.4 Å². The van der Waals surface area contributed by atoms with Crippen LogP contribution in [-0.2, 0) is 13.1 Å². The molecule has 2 aromatic rings. The van der Waals surface area contributed by atoms with Crippen LogP contribution in [-0.4, -0.2) is 11.1 Å². The van der Waals surface area contributed by atoms with Crippen LogP contribution in [0, 0.1) is 18.3 Å². The summed E-state index contributed by atoms with van der Waals surface area (Å²) < 4.78 is 5.13. The Kier molecular flexibility index (Phi) is 4.18. The second kappa shape index (κ2) is 6.04. The molecule has 2 N–H and O–H groups in total. The molecule has 0 spiro atoms. The minimum Gasteiger partial charge on any atom is -0.475 e. The highest BCUT2D eigenvalue weighted by atomic mass is 16.4. The first-order chi connectivity index (χ1) is 9.60. The minimum absolute atomic E-state index is 0.0438. The monoisotopic (exact) mass is 270 g/mol. The van der Waals surface area contributed by atoms with E-state index in [1.165, 1.54) is 6.07 Å². The third kappa shape index (κ3) is 3.25. The van der Waals surface area contributed by atoms with Crippen molar-refractivity contribution in [3.8, 4) is 6.07 Å². The molecule has 1 heterocycles. The number of nitriles is 1. The molecule has 0 aliphatic heterocycles. The molecule has 0 atom stereocenters. The highest BCUT2D eigenvalue weighted by molar-refractivity contribution is 5.84. The van der Waals surface area contributed by atoms with Crippen LogP contribution in [0.1, 0.15) is 33.0 Å². The van der Waals surface area contributed by atoms with Gasteiger partial charge in [-0.25, -0.2) is 4.79 Å². The summed E-state index contributed by atoms with van der Waals surface area (Å²) in [5, 5.41) is 20.8. The van der Waals surface area contributed by atoms with Crippen molar-refractivity contribution in [3.05, 3.63) is 58.5 Å². The summed E-state index contributed by atoms with van der Waals surface area (Å²) in [5.74, 6) is -0.501. The molecule has 1 aromatic heterocycles. The predicted octanol–water partition coefficient (Wildman–Crippen LogP) is 2.45. The summed E-state index contributed by atoms with van der Waals surface area (Å²) in [6, 6.07) is 10.9. The van der Waals surface area contributed by atoms with Gasteiger partial charge in [-0.2, -0.15) is 5.26 Å². The van der Waals surface area contributed by atoms with Gasteiger partial charge in [0.25, 0.3) is 0 Å². The zero-order valence-electron chi connectivity index (χ0n) is 11.0. The highest BCUT2D eigenvalue weighted by Crippen LogP contribution is 2.14. The largest absolute Gasteiger partial charge is 0.475 e. The summed E-state index contributed by atoms with van der Waals surface area (Å²) in [6.45, 7) is 2.91. The number of aromatic carboxylic acids is 1. The molecule has 0 aliphatic rings. The van der Waals surface area contributed by atoms with Crippen molar-refractivity contribution in [2.75, 3.05) is 0 Å². The van der Waals surface area contributed by atoms with Crippen LogP contribution in [0.4, 0.5) is 0 Å². The quantitative estimate of drug-likeness (QED) is 0.871. The van der Waals surface area contributed by atoms with E-state index in [0.717, 1.165) is 11.1 Å². The maximum absolute atomic E-state index is 10.8. The van der Waals surface area contributed by atoms with Crippen molar-refractivity contribution in [2.24, 2.45) is 0 Å². The lowest BCUT2D eigenvalue weighted by molar-refractivity contribution is 0.0661. The highest BCUT2D eigenvalue weighted by Gasteiger charge is 2.12. The molecule has 0 saturated carbocycles. The van der Waals surface area contributed by atoms with E-state index in [1.807, 2.05) is 12.1 Å². The fraction of sp³-hybridized carbons (Fsp3) is 0.200. The van der Waals surface area contributed by atoms with Crippen molar-refractivity contribution in [1.82, 2.24) is 5.32 Å². The number of hydrogen-bond acceptors (Lipinski definition) is 4. The number of aryl methyl sites for hydroxylation is 1. The van der Waals surface area contributed by atoms with Gasteiger partial charge in [0.15, 0.2) is 0 Å². The van der Waals surface area contributed by atoms with Gasteiger partial charge in [-0.05, 0) is 30.7 Å². The van der Waals surface area contributed by atoms with Gasteiger partial charge in [0.1, 0.15) is 5.76 Å². The lowest BCUT2D eigenvalue weighted by Gasteiger charge is -2.04. The molecule has 0 radical (unpaired) electrons. The molecule has 0 saturated heterocycles. The second-order valence-corrected chi connectivity index (χ2v) is 4.41. The molecule has 0 amide bonds. The van der Waals surface area contributed by atoms with Gasteiger partial charge < -0.3 is 14.8 Å². The maximum atomic E-state index is 10.8. The van der Waals surface area contributed by atoms with Crippen LogP contribution in [0.15, 0.2) is 34.7 Å². The molecule has 2 rings (SSSR count). The number of carboxylic acids is 1. The van der Waals surface area contributed by atoms with Crippen molar-refractivity contribution in [3.63, 3.8) is 0 Å². The van der Waals surface area contributed by atoms with E-state index in [1.54, 1.807) is 19.1 Å². The van der Waals surface area contributed by atoms with Gasteiger partial charge in [0, 0.05) is 18.7 Å². The van der Waals surface area contributed by atoms with E-state index >= 15 is 0 Å². The second-order valence-electron chi connectivity index (χ2n) is 4.41. The minimum atomic E-state index is -1.06. The third-order valence-corrected chi connectivity index (χ3v) is 2.96. The Morgan fingerprint density at radius 2 is 2.05 bits per heavy atom. The smallest absolute Gasteiger partial charge is 0.371 e. The van der Waals surface area contributed by atoms with Gasteiger partial charge in [0.2, 0.25) is 5.76 Å². The topological polar surface area (TPSA) is 86.3 Å². The molecule has 0 fully saturated rings. The molecule has 102 valence electrons. The van der Waals surface area contributed by atoms with Crippen molar-refractivity contribution >= 4 is 5.97 Å². The standard InChI is InChI=1S/C15H14N2O3/c1-10-13(6-14(20-10)15(18)19)9-17-8-12-4-2-11(7-16)3-5-12/h2-6,17H,8-9H2,1H3,(H,18,19). The van der Waals surface area contributed by atoms with E-state index in [-0.39, 0.29) is 5.76 Å². The number of carboxylic acid groups (broad SMARTS) is 1. The molecule has 5 heteroatoms. The van der Waals surface area contributed by atoms with Crippen molar-refractivity contribution in [2.45, 2.75) is 20.0 Å². The first-order valence-electron chi connectivity index (χ1n) is 6.12. The molecule has 0 aliphatic carbocycles. The van der Waals surface area contributed by atoms with Gasteiger partial charge in [-0.1, -0.05) is 12.1 Å². The Morgan fingerprint density at radius 3 is 2.60 bits per heavy atom. The van der Waals surface area contributed by atoms with Crippen LogP contribution in [0.5, 0.6) is 0 Å². The van der Waals surface area contributed by atoms with Crippen molar-refractivity contribution in [1.29, 1.82) is 5.26 Å². The summed E-state index contributed by atoms with van der Waals surface area (Å²) in [6.07, 6.45) is 0. The Labute approximate surface area is 116 Å². The SMILES string of the molecule is Cc1oc(C(=O)O)cc1CNCc1ccc(C#N)cc1. The predicted molar refractivity (Wildman–Crippen MR) is 72.1 cm³/mol. The van der Waals surface area contributed by atoms with Crippen LogP contribution < -0.4 is 5.32 Å². The number of rotatable bonds is 5. The fourth-order valence-electron chi connectivity index (χ4n) is 1.84. The number of nitrogens with zero attached hydrogens (tertiary/aromatic N) is 1. The van der Waals surface area contributed by atoms with E-state index < -0.39 is 5.97 Å². The molecule has 20 heavy (non-hydrogen) atoms. The Hall–Kier alpha value is -2.58. The first kappa shape index (κ1) is 13.8. The number of furan rings is 1. The van der Waals surface area contributed by atoms with E-state index in [0.29, 0.717) is 24.4 Å². The number of hydrogen-bond donors (Lipinski definition) is 2. The van der Waals surface area contributed by atoms with Gasteiger partial charge in [-0.15, -0.1) is 0 Å². The molecule has 5 nitrogen and oxygen atoms in total. The van der Waals surface area contributed by atoms with Crippen LogP contribution in [0.2, 0.25) is 0 Å². The average Bonchev–Trinajstić information content (AvgIpc) is 2.81. The molecule has 0 bridgehead atoms. The van der Waals surface area contributed by atoms with E-state index in [9.17, 15) is 4.79 Å². The normalized spacial score (nSPS) is 10.2. The summed E-state index contributed by atoms with van der Waals surface area (Å²) in [7, 11) is 0. The van der Waals surface area contributed by atoms with E-state index in [4.69, 9.17) is 14.8 Å². The number of benzene rings is 1. The Bertz CT molecular complexity index is 651. The Balaban J connectivity index is 1.92. The summed E-state index contributed by atoms with van der Waals surface area (Å²) >= 11 is 0.